The average molecular weight is 426 g/mol. The molecule has 0 radical (unpaired) electrons. The molecule has 1 aromatic heterocycles. The summed E-state index contributed by atoms with van der Waals surface area (Å²) in [5.41, 5.74) is 1.68. The van der Waals surface area contributed by atoms with Gasteiger partial charge in [0.15, 0.2) is 0 Å². The molecule has 0 atom stereocenters. The van der Waals surface area contributed by atoms with Crippen LogP contribution in [0.4, 0.5) is 16.3 Å². The van der Waals surface area contributed by atoms with Gasteiger partial charge in [0.1, 0.15) is 11.6 Å². The SMILES string of the molecule is CCCOc1cc(C)ccc1NC(=O)NCCC(=O)N1CCN(c2ccccn2)CC1. The highest BCUT2D eigenvalue weighted by Gasteiger charge is 2.21. The van der Waals surface area contributed by atoms with Crippen LogP contribution >= 0.6 is 0 Å². The van der Waals surface area contributed by atoms with Crippen molar-refractivity contribution in [2.24, 2.45) is 0 Å². The Kier molecular flexibility index (Phi) is 8.09. The third kappa shape index (κ3) is 6.60. The summed E-state index contributed by atoms with van der Waals surface area (Å²) in [7, 11) is 0. The monoisotopic (exact) mass is 425 g/mol. The largest absolute Gasteiger partial charge is 0.491 e. The highest BCUT2D eigenvalue weighted by atomic mass is 16.5. The first-order valence-electron chi connectivity index (χ1n) is 10.8. The number of amides is 3. The summed E-state index contributed by atoms with van der Waals surface area (Å²) in [5, 5.41) is 5.57. The lowest BCUT2D eigenvalue weighted by Crippen LogP contribution is -2.49. The van der Waals surface area contributed by atoms with Crippen LogP contribution in [0.25, 0.3) is 0 Å². The summed E-state index contributed by atoms with van der Waals surface area (Å²) in [6.07, 6.45) is 2.93. The fourth-order valence-electron chi connectivity index (χ4n) is 3.40. The molecule has 0 spiro atoms. The van der Waals surface area contributed by atoms with Gasteiger partial charge in [0, 0.05) is 45.3 Å². The van der Waals surface area contributed by atoms with Crippen LogP contribution in [0.5, 0.6) is 5.75 Å². The third-order valence-electron chi connectivity index (χ3n) is 5.08. The van der Waals surface area contributed by atoms with E-state index in [0.29, 0.717) is 31.1 Å². The molecule has 31 heavy (non-hydrogen) atoms. The Labute approximate surface area is 183 Å². The number of hydrogen-bond acceptors (Lipinski definition) is 5. The van der Waals surface area contributed by atoms with Gasteiger partial charge in [-0.1, -0.05) is 19.1 Å². The molecule has 2 N–H and O–H groups in total. The van der Waals surface area contributed by atoms with Crippen LogP contribution in [-0.2, 0) is 4.79 Å². The Morgan fingerprint density at radius 2 is 1.94 bits per heavy atom. The van der Waals surface area contributed by atoms with E-state index in [2.05, 4.69) is 20.5 Å². The first-order chi connectivity index (χ1) is 15.1. The van der Waals surface area contributed by atoms with Crippen LogP contribution in [0.15, 0.2) is 42.6 Å². The molecule has 8 nitrogen and oxygen atoms in total. The summed E-state index contributed by atoms with van der Waals surface area (Å²) >= 11 is 0. The quantitative estimate of drug-likeness (QED) is 0.679. The minimum absolute atomic E-state index is 0.0447. The van der Waals surface area contributed by atoms with Gasteiger partial charge < -0.3 is 25.2 Å². The number of rotatable bonds is 8. The Hall–Kier alpha value is -3.29. The number of nitrogens with one attached hydrogen (secondary N) is 2. The standard InChI is InChI=1S/C23H31N5O3/c1-3-16-31-20-17-18(2)7-8-19(20)26-23(30)25-11-9-22(29)28-14-12-27(13-15-28)21-6-4-5-10-24-21/h4-8,10,17H,3,9,11-16H2,1-2H3,(H2,25,26,30). The van der Waals surface area contributed by atoms with Crippen molar-refractivity contribution in [3.8, 4) is 5.75 Å². The molecular formula is C23H31N5O3. The zero-order valence-electron chi connectivity index (χ0n) is 18.3. The molecule has 0 bridgehead atoms. The van der Waals surface area contributed by atoms with Crippen LogP contribution in [0, 0.1) is 6.92 Å². The van der Waals surface area contributed by atoms with Gasteiger partial charge >= 0.3 is 6.03 Å². The summed E-state index contributed by atoms with van der Waals surface area (Å²) < 4.78 is 5.72. The van der Waals surface area contributed by atoms with Crippen molar-refractivity contribution >= 4 is 23.4 Å². The van der Waals surface area contributed by atoms with Gasteiger partial charge in [-0.15, -0.1) is 0 Å². The Bertz CT molecular complexity index is 867. The minimum atomic E-state index is -0.349. The maximum Gasteiger partial charge on any atom is 0.319 e. The van der Waals surface area contributed by atoms with E-state index < -0.39 is 0 Å². The molecule has 2 aromatic rings. The van der Waals surface area contributed by atoms with Crippen molar-refractivity contribution in [3.63, 3.8) is 0 Å². The summed E-state index contributed by atoms with van der Waals surface area (Å²) in [5.74, 6) is 1.63. The molecule has 1 fully saturated rings. The van der Waals surface area contributed by atoms with Gasteiger partial charge in [-0.3, -0.25) is 4.79 Å². The van der Waals surface area contributed by atoms with Crippen molar-refractivity contribution in [2.75, 3.05) is 49.5 Å². The number of carbonyl (C=O) groups excluding carboxylic acids is 2. The fraction of sp³-hybridized carbons (Fsp3) is 0.435. The maximum atomic E-state index is 12.5. The number of anilines is 2. The van der Waals surface area contributed by atoms with Crippen molar-refractivity contribution in [1.29, 1.82) is 0 Å². The van der Waals surface area contributed by atoms with E-state index in [9.17, 15) is 9.59 Å². The summed E-state index contributed by atoms with van der Waals surface area (Å²) in [6, 6.07) is 11.1. The van der Waals surface area contributed by atoms with E-state index >= 15 is 0 Å². The summed E-state index contributed by atoms with van der Waals surface area (Å²) in [6.45, 7) is 7.70. The Balaban J connectivity index is 1.40. The molecule has 1 aliphatic heterocycles. The van der Waals surface area contributed by atoms with Gasteiger partial charge in [0.25, 0.3) is 0 Å². The zero-order valence-corrected chi connectivity index (χ0v) is 18.3. The van der Waals surface area contributed by atoms with Crippen LogP contribution in [0.2, 0.25) is 0 Å². The van der Waals surface area contributed by atoms with Gasteiger partial charge in [0.05, 0.1) is 12.3 Å². The summed E-state index contributed by atoms with van der Waals surface area (Å²) in [4.78, 5) is 33.1. The van der Waals surface area contributed by atoms with Crippen LogP contribution in [0.3, 0.4) is 0 Å². The number of aryl methyl sites for hydroxylation is 1. The van der Waals surface area contributed by atoms with Gasteiger partial charge in [-0.2, -0.15) is 0 Å². The zero-order chi connectivity index (χ0) is 22.1. The average Bonchev–Trinajstić information content (AvgIpc) is 2.80. The normalized spacial score (nSPS) is 13.6. The highest BCUT2D eigenvalue weighted by molar-refractivity contribution is 5.91. The lowest BCUT2D eigenvalue weighted by atomic mass is 10.2. The fourth-order valence-corrected chi connectivity index (χ4v) is 3.40. The topological polar surface area (TPSA) is 86.8 Å². The lowest BCUT2D eigenvalue weighted by molar-refractivity contribution is -0.131. The number of urea groups is 1. The molecule has 3 rings (SSSR count). The third-order valence-corrected chi connectivity index (χ3v) is 5.08. The van der Waals surface area contributed by atoms with E-state index in [4.69, 9.17) is 4.74 Å². The predicted molar refractivity (Wildman–Crippen MR) is 122 cm³/mol. The Morgan fingerprint density at radius 3 is 2.65 bits per heavy atom. The molecule has 0 saturated carbocycles. The molecule has 2 heterocycles. The number of benzene rings is 1. The molecular weight excluding hydrogens is 394 g/mol. The number of carbonyl (C=O) groups is 2. The van der Waals surface area contributed by atoms with E-state index in [1.165, 1.54) is 0 Å². The van der Waals surface area contributed by atoms with Gasteiger partial charge in [0.2, 0.25) is 5.91 Å². The second-order valence-electron chi connectivity index (χ2n) is 7.53. The van der Waals surface area contributed by atoms with Crippen molar-refractivity contribution in [1.82, 2.24) is 15.2 Å². The maximum absolute atomic E-state index is 12.5. The molecule has 0 aliphatic carbocycles. The number of pyridine rings is 1. The van der Waals surface area contributed by atoms with E-state index in [1.807, 2.05) is 55.1 Å². The molecule has 166 valence electrons. The minimum Gasteiger partial charge on any atom is -0.491 e. The van der Waals surface area contributed by atoms with E-state index in [-0.39, 0.29) is 24.9 Å². The molecule has 1 aromatic carbocycles. The van der Waals surface area contributed by atoms with Gasteiger partial charge in [-0.05, 0) is 43.2 Å². The van der Waals surface area contributed by atoms with Crippen LogP contribution < -0.4 is 20.3 Å². The number of hydrogen-bond donors (Lipinski definition) is 2. The van der Waals surface area contributed by atoms with E-state index in [0.717, 1.165) is 30.9 Å². The second-order valence-corrected chi connectivity index (χ2v) is 7.53. The van der Waals surface area contributed by atoms with Crippen molar-refractivity contribution in [2.45, 2.75) is 26.7 Å². The molecule has 1 saturated heterocycles. The number of nitrogens with zero attached hydrogens (tertiary/aromatic N) is 3. The molecule has 1 aliphatic rings. The van der Waals surface area contributed by atoms with Gasteiger partial charge in [-0.25, -0.2) is 9.78 Å². The van der Waals surface area contributed by atoms with E-state index in [1.54, 1.807) is 6.20 Å². The number of ether oxygens (including phenoxy) is 1. The highest BCUT2D eigenvalue weighted by Crippen LogP contribution is 2.25. The first kappa shape index (κ1) is 22.4. The predicted octanol–water partition coefficient (Wildman–Crippen LogP) is 3.04. The number of aromatic nitrogens is 1. The molecule has 0 unspecified atom stereocenters. The first-order valence-corrected chi connectivity index (χ1v) is 10.8. The smallest absolute Gasteiger partial charge is 0.319 e. The van der Waals surface area contributed by atoms with Crippen LogP contribution in [0.1, 0.15) is 25.3 Å². The number of piperazine rings is 1. The Morgan fingerprint density at radius 1 is 1.13 bits per heavy atom. The molecule has 8 heteroatoms. The van der Waals surface area contributed by atoms with Crippen molar-refractivity contribution < 1.29 is 14.3 Å². The van der Waals surface area contributed by atoms with Crippen LogP contribution in [-0.4, -0.2) is 61.2 Å². The van der Waals surface area contributed by atoms with Crippen molar-refractivity contribution in [3.05, 3.63) is 48.2 Å². The second kappa shape index (κ2) is 11.2. The molecule has 3 amide bonds. The lowest BCUT2D eigenvalue weighted by Gasteiger charge is -2.35.